The van der Waals surface area contributed by atoms with Gasteiger partial charge in [0.25, 0.3) is 0 Å². The molecule has 0 saturated heterocycles. The van der Waals surface area contributed by atoms with Gasteiger partial charge in [-0.25, -0.2) is 0 Å². The Morgan fingerprint density at radius 2 is 1.28 bits per heavy atom. The van der Waals surface area contributed by atoms with E-state index in [1.54, 1.807) is 13.8 Å². The van der Waals surface area contributed by atoms with Crippen molar-refractivity contribution in [2.45, 2.75) is 31.8 Å². The van der Waals surface area contributed by atoms with Crippen LogP contribution in [0.15, 0.2) is 60.7 Å². The van der Waals surface area contributed by atoms with Crippen LogP contribution in [0.2, 0.25) is 0 Å². The first kappa shape index (κ1) is 17.2. The van der Waals surface area contributed by atoms with E-state index in [1.165, 1.54) is 0 Å². The van der Waals surface area contributed by atoms with Crippen molar-refractivity contribution in [1.29, 1.82) is 0 Å². The molecule has 0 aliphatic heterocycles. The van der Waals surface area contributed by atoms with Crippen LogP contribution in [0, 0.1) is 11.8 Å². The van der Waals surface area contributed by atoms with Gasteiger partial charge in [0.2, 0.25) is 0 Å². The Kier molecular flexibility index (Phi) is 4.88. The molecule has 1 saturated carbocycles. The minimum Gasteiger partial charge on any atom is -0.550 e. The number of ether oxygens (including phenoxy) is 1. The molecule has 1 aliphatic rings. The molecule has 0 bridgehead atoms. The number of hydrogen-bond donors (Lipinski definition) is 0. The summed E-state index contributed by atoms with van der Waals surface area (Å²) in [6.07, 6.45) is -0.248. The fourth-order valence-electron chi connectivity index (χ4n) is 3.83. The Hall–Kier alpha value is -2.62. The number of rotatable bonds is 5. The van der Waals surface area contributed by atoms with Crippen molar-refractivity contribution in [3.8, 4) is 0 Å². The second-order valence-electron chi connectivity index (χ2n) is 6.73. The van der Waals surface area contributed by atoms with Gasteiger partial charge in [0.1, 0.15) is 0 Å². The smallest absolute Gasteiger partial charge is 0.310 e. The number of carboxylic acid groups (broad SMARTS) is 1. The first-order valence-corrected chi connectivity index (χ1v) is 8.52. The lowest BCUT2D eigenvalue weighted by molar-refractivity contribution is -0.317. The molecule has 4 heteroatoms. The van der Waals surface area contributed by atoms with Gasteiger partial charge in [-0.3, -0.25) is 4.79 Å². The fraction of sp³-hybridized carbons (Fsp3) is 0.333. The van der Waals surface area contributed by atoms with Crippen molar-refractivity contribution in [3.05, 3.63) is 71.8 Å². The number of hydrogen-bond acceptors (Lipinski definition) is 4. The summed E-state index contributed by atoms with van der Waals surface area (Å²) >= 11 is 0. The lowest BCUT2D eigenvalue weighted by atomic mass is 9.52. The lowest BCUT2D eigenvalue weighted by Gasteiger charge is -2.51. The van der Waals surface area contributed by atoms with E-state index in [-0.39, 0.29) is 12.1 Å². The van der Waals surface area contributed by atoms with Gasteiger partial charge in [0.15, 0.2) is 0 Å². The Morgan fingerprint density at radius 1 is 0.840 bits per heavy atom. The van der Waals surface area contributed by atoms with Gasteiger partial charge in [-0.1, -0.05) is 60.7 Å². The average Bonchev–Trinajstić information content (AvgIpc) is 2.55. The molecular formula is C21H21O4-. The molecule has 1 aliphatic carbocycles. The predicted molar refractivity (Wildman–Crippen MR) is 91.6 cm³/mol. The number of carbonyl (C=O) groups is 2. The highest BCUT2D eigenvalue weighted by molar-refractivity contribution is 5.83. The normalized spacial score (nSPS) is 25.2. The topological polar surface area (TPSA) is 66.4 Å². The number of carboxylic acids is 1. The molecule has 0 N–H and O–H groups in total. The molecule has 25 heavy (non-hydrogen) atoms. The summed E-state index contributed by atoms with van der Waals surface area (Å²) in [5, 5.41) is 11.9. The minimum absolute atomic E-state index is 0.248. The van der Waals surface area contributed by atoms with Crippen LogP contribution in [0.25, 0.3) is 0 Å². The van der Waals surface area contributed by atoms with Crippen LogP contribution in [0.3, 0.4) is 0 Å². The molecule has 130 valence electrons. The molecule has 0 radical (unpaired) electrons. The molecule has 2 atom stereocenters. The zero-order chi connectivity index (χ0) is 18.0. The van der Waals surface area contributed by atoms with Crippen LogP contribution in [0.1, 0.15) is 36.8 Å². The Bertz CT molecular complexity index is 692. The van der Waals surface area contributed by atoms with E-state index in [2.05, 4.69) is 0 Å². The van der Waals surface area contributed by atoms with Gasteiger partial charge < -0.3 is 14.6 Å². The summed E-state index contributed by atoms with van der Waals surface area (Å²) in [4.78, 5) is 24.6. The summed E-state index contributed by atoms with van der Waals surface area (Å²) in [5.41, 5.74) is 1.66. The van der Waals surface area contributed by atoms with E-state index in [0.29, 0.717) is 0 Å². The summed E-state index contributed by atoms with van der Waals surface area (Å²) in [5.74, 6) is -3.65. The lowest BCUT2D eigenvalue weighted by Crippen LogP contribution is -2.55. The Labute approximate surface area is 147 Å². The van der Waals surface area contributed by atoms with E-state index >= 15 is 0 Å². The predicted octanol–water partition coefficient (Wildman–Crippen LogP) is 2.50. The monoisotopic (exact) mass is 337 g/mol. The molecule has 0 spiro atoms. The molecule has 0 amide bonds. The van der Waals surface area contributed by atoms with E-state index in [1.807, 2.05) is 60.7 Å². The zero-order valence-corrected chi connectivity index (χ0v) is 14.3. The number of esters is 1. The maximum atomic E-state index is 12.7. The third kappa shape index (κ3) is 3.29. The Balaban J connectivity index is 2.03. The summed E-state index contributed by atoms with van der Waals surface area (Å²) in [6.45, 7) is 3.59. The van der Waals surface area contributed by atoms with Crippen molar-refractivity contribution in [3.63, 3.8) is 0 Å². The molecule has 0 heterocycles. The molecule has 3 rings (SSSR count). The number of carbonyl (C=O) groups excluding carboxylic acids is 2. The van der Waals surface area contributed by atoms with Gasteiger partial charge in [0.05, 0.1) is 12.0 Å². The average molecular weight is 337 g/mol. The first-order chi connectivity index (χ1) is 12.0. The quantitative estimate of drug-likeness (QED) is 0.786. The van der Waals surface area contributed by atoms with Crippen molar-refractivity contribution in [2.75, 3.05) is 0 Å². The summed E-state index contributed by atoms with van der Waals surface area (Å²) < 4.78 is 5.43. The van der Waals surface area contributed by atoms with Crippen LogP contribution in [0.5, 0.6) is 0 Å². The van der Waals surface area contributed by atoms with Gasteiger partial charge in [-0.2, -0.15) is 0 Å². The molecule has 4 nitrogen and oxygen atoms in total. The van der Waals surface area contributed by atoms with Crippen LogP contribution >= 0.6 is 0 Å². The van der Waals surface area contributed by atoms with Gasteiger partial charge >= 0.3 is 5.97 Å². The van der Waals surface area contributed by atoms with Crippen LogP contribution < -0.4 is 5.11 Å². The van der Waals surface area contributed by atoms with Gasteiger partial charge in [0, 0.05) is 23.7 Å². The van der Waals surface area contributed by atoms with Gasteiger partial charge in [-0.15, -0.1) is 0 Å². The summed E-state index contributed by atoms with van der Waals surface area (Å²) in [6, 6.07) is 18.6. The van der Waals surface area contributed by atoms with Crippen LogP contribution in [-0.4, -0.2) is 18.0 Å². The van der Waals surface area contributed by atoms with Crippen LogP contribution in [-0.2, 0) is 14.3 Å². The highest BCUT2D eigenvalue weighted by Gasteiger charge is 2.56. The van der Waals surface area contributed by atoms with E-state index in [4.69, 9.17) is 4.74 Å². The maximum Gasteiger partial charge on any atom is 0.310 e. The fourth-order valence-corrected chi connectivity index (χ4v) is 3.83. The van der Waals surface area contributed by atoms with E-state index in [9.17, 15) is 14.7 Å². The van der Waals surface area contributed by atoms with Crippen molar-refractivity contribution < 1.29 is 19.4 Å². The third-order valence-corrected chi connectivity index (χ3v) is 4.81. The Morgan fingerprint density at radius 3 is 1.64 bits per heavy atom. The molecule has 2 aromatic rings. The molecule has 1 fully saturated rings. The third-order valence-electron chi connectivity index (χ3n) is 4.81. The highest BCUT2D eigenvalue weighted by atomic mass is 16.5. The second kappa shape index (κ2) is 7.09. The number of aliphatic carboxylic acids is 1. The molecule has 0 unspecified atom stereocenters. The standard InChI is InChI=1S/C21H22O4/c1-13(2)25-21(24)19-16(14-9-5-3-6-10-14)18(20(22)23)17(19)15-11-7-4-8-12-15/h3-13,16-19H,1-2H3,(H,22,23)/p-1/t16-,17-,18?,19?/m1/s1. The zero-order valence-electron chi connectivity index (χ0n) is 14.3. The summed E-state index contributed by atoms with van der Waals surface area (Å²) in [7, 11) is 0. The maximum absolute atomic E-state index is 12.7. The van der Waals surface area contributed by atoms with Crippen molar-refractivity contribution in [2.24, 2.45) is 11.8 Å². The van der Waals surface area contributed by atoms with E-state index < -0.39 is 29.6 Å². The number of benzene rings is 2. The second-order valence-corrected chi connectivity index (χ2v) is 6.73. The van der Waals surface area contributed by atoms with Gasteiger partial charge in [-0.05, 0) is 25.0 Å². The highest BCUT2D eigenvalue weighted by Crippen LogP contribution is 2.57. The minimum atomic E-state index is -1.13. The van der Waals surface area contributed by atoms with Crippen LogP contribution in [0.4, 0.5) is 0 Å². The molecule has 0 aromatic heterocycles. The SMILES string of the molecule is CC(C)OC(=O)C1[C@H](c2ccccc2)C(C(=O)[O-])[C@H]1c1ccccc1. The van der Waals surface area contributed by atoms with E-state index in [0.717, 1.165) is 11.1 Å². The molecular weight excluding hydrogens is 316 g/mol. The molecule has 2 aromatic carbocycles. The largest absolute Gasteiger partial charge is 0.550 e. The van der Waals surface area contributed by atoms with Crippen molar-refractivity contribution in [1.82, 2.24) is 0 Å². The first-order valence-electron chi connectivity index (χ1n) is 8.52. The van der Waals surface area contributed by atoms with Crippen molar-refractivity contribution >= 4 is 11.9 Å².